The molecule has 0 unspecified atom stereocenters. The summed E-state index contributed by atoms with van der Waals surface area (Å²) in [6, 6.07) is 12.7. The molecular weight excluding hydrogens is 326 g/mol. The van der Waals surface area contributed by atoms with Crippen LogP contribution in [0.3, 0.4) is 0 Å². The number of thiazole rings is 1. The van der Waals surface area contributed by atoms with Gasteiger partial charge in [0, 0.05) is 34.3 Å². The van der Waals surface area contributed by atoms with E-state index >= 15 is 0 Å². The van der Waals surface area contributed by atoms with Crippen LogP contribution in [0.4, 0.5) is 16.5 Å². The van der Waals surface area contributed by atoms with Crippen LogP contribution in [0.2, 0.25) is 0 Å². The lowest BCUT2D eigenvalue weighted by molar-refractivity contribution is -0.385. The monoisotopic (exact) mass is 341 g/mol. The Balaban J connectivity index is 1.85. The number of nitro benzene ring substituents is 1. The van der Waals surface area contributed by atoms with Crippen molar-refractivity contribution in [2.24, 2.45) is 0 Å². The van der Waals surface area contributed by atoms with E-state index in [9.17, 15) is 10.1 Å². The van der Waals surface area contributed by atoms with E-state index in [2.05, 4.69) is 10.3 Å². The van der Waals surface area contributed by atoms with E-state index in [0.717, 1.165) is 17.0 Å². The Morgan fingerprint density at radius 2 is 2.08 bits per heavy atom. The van der Waals surface area contributed by atoms with Gasteiger partial charge in [0.2, 0.25) is 0 Å². The van der Waals surface area contributed by atoms with Crippen molar-refractivity contribution in [1.29, 1.82) is 0 Å². The predicted octanol–water partition coefficient (Wildman–Crippen LogP) is 4.78. The number of hydrogen-bond acceptors (Lipinski definition) is 6. The highest BCUT2D eigenvalue weighted by atomic mass is 32.1. The Morgan fingerprint density at radius 3 is 2.83 bits per heavy atom. The van der Waals surface area contributed by atoms with Gasteiger partial charge >= 0.3 is 0 Å². The van der Waals surface area contributed by atoms with Gasteiger partial charge in [0.05, 0.1) is 17.7 Å². The average molecular weight is 341 g/mol. The second kappa shape index (κ2) is 6.67. The predicted molar refractivity (Wildman–Crippen MR) is 95.2 cm³/mol. The second-order valence-electron chi connectivity index (χ2n) is 5.15. The first-order valence-electron chi connectivity index (χ1n) is 7.19. The fourth-order valence-corrected chi connectivity index (χ4v) is 2.99. The molecule has 0 aliphatic heterocycles. The highest BCUT2D eigenvalue weighted by Gasteiger charge is 2.13. The number of anilines is 2. The van der Waals surface area contributed by atoms with Gasteiger partial charge in [-0.25, -0.2) is 4.98 Å². The number of benzene rings is 2. The molecule has 7 heteroatoms. The number of ether oxygens (including phenoxy) is 1. The maximum absolute atomic E-state index is 11.1. The Labute approximate surface area is 142 Å². The zero-order valence-electron chi connectivity index (χ0n) is 13.1. The van der Waals surface area contributed by atoms with Crippen molar-refractivity contribution in [2.75, 3.05) is 12.4 Å². The number of aryl methyl sites for hydroxylation is 1. The maximum atomic E-state index is 11.1. The summed E-state index contributed by atoms with van der Waals surface area (Å²) in [4.78, 5) is 15.2. The van der Waals surface area contributed by atoms with E-state index in [4.69, 9.17) is 4.74 Å². The van der Waals surface area contributed by atoms with Gasteiger partial charge in [-0.2, -0.15) is 0 Å². The molecule has 24 heavy (non-hydrogen) atoms. The molecule has 0 amide bonds. The number of methoxy groups -OCH3 is 1. The molecule has 0 saturated carbocycles. The molecule has 2 aromatic carbocycles. The van der Waals surface area contributed by atoms with E-state index in [1.54, 1.807) is 26.2 Å². The van der Waals surface area contributed by atoms with Crippen LogP contribution in [0.25, 0.3) is 11.3 Å². The van der Waals surface area contributed by atoms with Gasteiger partial charge in [-0.15, -0.1) is 11.3 Å². The molecule has 122 valence electrons. The van der Waals surface area contributed by atoms with Crippen molar-refractivity contribution in [3.05, 3.63) is 63.5 Å². The van der Waals surface area contributed by atoms with Crippen molar-refractivity contribution < 1.29 is 9.66 Å². The summed E-state index contributed by atoms with van der Waals surface area (Å²) in [5.74, 6) is 0.755. The van der Waals surface area contributed by atoms with Crippen molar-refractivity contribution in [3.8, 4) is 17.0 Å². The van der Waals surface area contributed by atoms with Crippen LogP contribution in [0, 0.1) is 17.0 Å². The topological polar surface area (TPSA) is 77.3 Å². The first-order valence-corrected chi connectivity index (χ1v) is 8.07. The number of nitrogens with zero attached hydrogens (tertiary/aromatic N) is 2. The minimum atomic E-state index is -0.374. The lowest BCUT2D eigenvalue weighted by Gasteiger charge is -2.05. The van der Waals surface area contributed by atoms with Crippen LogP contribution in [-0.4, -0.2) is 17.0 Å². The van der Waals surface area contributed by atoms with Crippen LogP contribution >= 0.6 is 11.3 Å². The Bertz CT molecular complexity index is 892. The molecule has 0 saturated heterocycles. The highest BCUT2D eigenvalue weighted by Crippen LogP contribution is 2.31. The second-order valence-corrected chi connectivity index (χ2v) is 6.01. The molecular formula is C17H15N3O3S. The lowest BCUT2D eigenvalue weighted by Crippen LogP contribution is -1.93. The van der Waals surface area contributed by atoms with E-state index in [-0.39, 0.29) is 10.6 Å². The number of hydrogen-bond donors (Lipinski definition) is 1. The molecule has 1 heterocycles. The third-order valence-electron chi connectivity index (χ3n) is 3.53. The number of aromatic nitrogens is 1. The van der Waals surface area contributed by atoms with E-state index in [1.165, 1.54) is 11.3 Å². The molecule has 0 bridgehead atoms. The first kappa shape index (κ1) is 15.9. The average Bonchev–Trinajstić information content (AvgIpc) is 3.03. The minimum Gasteiger partial charge on any atom is -0.497 e. The molecule has 6 nitrogen and oxygen atoms in total. The smallest absolute Gasteiger partial charge is 0.272 e. The molecule has 3 aromatic rings. The van der Waals surface area contributed by atoms with Gasteiger partial charge in [0.15, 0.2) is 5.13 Å². The standard InChI is InChI=1S/C17H15N3O3S/c1-11-6-7-12(8-16(11)20(21)22)15-10-24-17(19-15)18-13-4-3-5-14(9-13)23-2/h3-10H,1-2H3,(H,18,19). The van der Waals surface area contributed by atoms with Crippen LogP contribution in [0.1, 0.15) is 5.56 Å². The summed E-state index contributed by atoms with van der Waals surface area (Å²) in [7, 11) is 1.62. The van der Waals surface area contributed by atoms with Gasteiger partial charge in [0.25, 0.3) is 5.69 Å². The zero-order chi connectivity index (χ0) is 17.1. The summed E-state index contributed by atoms with van der Waals surface area (Å²) in [6.45, 7) is 1.72. The fraction of sp³-hybridized carbons (Fsp3) is 0.118. The van der Waals surface area contributed by atoms with Crippen molar-refractivity contribution >= 4 is 27.8 Å². The summed E-state index contributed by atoms with van der Waals surface area (Å²) >= 11 is 1.44. The third-order valence-corrected chi connectivity index (χ3v) is 4.28. The zero-order valence-corrected chi connectivity index (χ0v) is 14.0. The quantitative estimate of drug-likeness (QED) is 0.534. The molecule has 3 rings (SSSR count). The van der Waals surface area contributed by atoms with Crippen LogP contribution in [0.5, 0.6) is 5.75 Å². The molecule has 0 atom stereocenters. The first-order chi connectivity index (χ1) is 11.6. The van der Waals surface area contributed by atoms with Gasteiger partial charge in [-0.05, 0) is 19.1 Å². The molecule has 0 aliphatic rings. The number of nitrogens with one attached hydrogen (secondary N) is 1. The SMILES string of the molecule is COc1cccc(Nc2nc(-c3ccc(C)c([N+](=O)[O-])c3)cs2)c1. The maximum Gasteiger partial charge on any atom is 0.272 e. The molecule has 0 fully saturated rings. The number of nitro groups is 1. The normalized spacial score (nSPS) is 10.4. The largest absolute Gasteiger partial charge is 0.497 e. The molecule has 0 aliphatic carbocycles. The molecule has 0 radical (unpaired) electrons. The van der Waals surface area contributed by atoms with Crippen LogP contribution < -0.4 is 10.1 Å². The van der Waals surface area contributed by atoms with Crippen LogP contribution in [0.15, 0.2) is 47.8 Å². The van der Waals surface area contributed by atoms with E-state index in [0.29, 0.717) is 16.4 Å². The van der Waals surface area contributed by atoms with E-state index < -0.39 is 0 Å². The van der Waals surface area contributed by atoms with Crippen molar-refractivity contribution in [3.63, 3.8) is 0 Å². The Morgan fingerprint density at radius 1 is 1.25 bits per heavy atom. The Hall–Kier alpha value is -2.93. The molecule has 0 spiro atoms. The van der Waals surface area contributed by atoms with Crippen molar-refractivity contribution in [2.45, 2.75) is 6.92 Å². The summed E-state index contributed by atoms with van der Waals surface area (Å²) in [5.41, 5.74) is 3.03. The minimum absolute atomic E-state index is 0.0998. The van der Waals surface area contributed by atoms with Gasteiger partial charge < -0.3 is 10.1 Å². The van der Waals surface area contributed by atoms with Crippen molar-refractivity contribution in [1.82, 2.24) is 4.98 Å². The third kappa shape index (κ3) is 3.36. The number of rotatable bonds is 5. The lowest BCUT2D eigenvalue weighted by atomic mass is 10.1. The summed E-state index contributed by atoms with van der Waals surface area (Å²) in [6.07, 6.45) is 0. The fourth-order valence-electron chi connectivity index (χ4n) is 2.25. The van der Waals surface area contributed by atoms with Gasteiger partial charge in [-0.3, -0.25) is 10.1 Å². The molecule has 1 aromatic heterocycles. The Kier molecular flexibility index (Phi) is 4.43. The van der Waals surface area contributed by atoms with Gasteiger partial charge in [-0.1, -0.05) is 18.2 Å². The van der Waals surface area contributed by atoms with E-state index in [1.807, 2.05) is 35.7 Å². The molecule has 1 N–H and O–H groups in total. The summed E-state index contributed by atoms with van der Waals surface area (Å²) in [5, 5.41) is 16.9. The highest BCUT2D eigenvalue weighted by molar-refractivity contribution is 7.14. The van der Waals surface area contributed by atoms with Gasteiger partial charge in [0.1, 0.15) is 5.75 Å². The summed E-state index contributed by atoms with van der Waals surface area (Å²) < 4.78 is 5.19. The van der Waals surface area contributed by atoms with Crippen LogP contribution in [-0.2, 0) is 0 Å².